The third-order valence-corrected chi connectivity index (χ3v) is 4.29. The lowest BCUT2D eigenvalue weighted by Crippen LogP contribution is -1.95. The molecule has 0 heterocycles. The predicted molar refractivity (Wildman–Crippen MR) is 88.9 cm³/mol. The van der Waals surface area contributed by atoms with Crippen LogP contribution in [0.25, 0.3) is 16.8 Å². The number of rotatable bonds is 2. The van der Waals surface area contributed by atoms with Gasteiger partial charge in [-0.25, -0.2) is 0 Å². The molecule has 0 spiro atoms. The Kier molecular flexibility index (Phi) is 3.31. The summed E-state index contributed by atoms with van der Waals surface area (Å²) >= 11 is 0. The normalized spacial score (nSPS) is 16.1. The zero-order valence-electron chi connectivity index (χ0n) is 12.2. The van der Waals surface area contributed by atoms with E-state index in [2.05, 4.69) is 62.9 Å². The van der Waals surface area contributed by atoms with Crippen molar-refractivity contribution in [2.24, 2.45) is 0 Å². The Morgan fingerprint density at radius 3 is 2.80 bits per heavy atom. The third kappa shape index (κ3) is 2.02. The first kappa shape index (κ1) is 12.9. The van der Waals surface area contributed by atoms with Gasteiger partial charge in [-0.1, -0.05) is 62.1 Å². The fourth-order valence-electron chi connectivity index (χ4n) is 3.12. The van der Waals surface area contributed by atoms with Crippen molar-refractivity contribution in [3.63, 3.8) is 0 Å². The third-order valence-electron chi connectivity index (χ3n) is 4.29. The van der Waals surface area contributed by atoms with Crippen LogP contribution < -0.4 is 0 Å². The van der Waals surface area contributed by atoms with Gasteiger partial charge in [-0.05, 0) is 58.4 Å². The second kappa shape index (κ2) is 5.13. The van der Waals surface area contributed by atoms with Crippen LogP contribution in [0.4, 0.5) is 0 Å². The first-order chi connectivity index (χ1) is 9.74. The lowest BCUT2D eigenvalue weighted by atomic mass is 9.92. The van der Waals surface area contributed by atoms with Gasteiger partial charge < -0.3 is 0 Å². The summed E-state index contributed by atoms with van der Waals surface area (Å²) in [5, 5.41) is 2.75. The summed E-state index contributed by atoms with van der Waals surface area (Å²) in [4.78, 5) is 0. The second-order valence-electron chi connectivity index (χ2n) is 5.42. The topological polar surface area (TPSA) is 0 Å². The maximum atomic E-state index is 3.97. The molecule has 0 saturated carbocycles. The van der Waals surface area contributed by atoms with Crippen LogP contribution in [0.15, 0.2) is 60.2 Å². The minimum atomic E-state index is 1.01. The maximum Gasteiger partial charge on any atom is -0.00140 e. The molecule has 0 saturated heterocycles. The van der Waals surface area contributed by atoms with Gasteiger partial charge in [0.1, 0.15) is 0 Å². The molecule has 20 heavy (non-hydrogen) atoms. The summed E-state index contributed by atoms with van der Waals surface area (Å²) in [5.41, 5.74) is 6.92. The highest BCUT2D eigenvalue weighted by atomic mass is 14.2. The minimum absolute atomic E-state index is 1.01. The van der Waals surface area contributed by atoms with Gasteiger partial charge >= 0.3 is 0 Å². The van der Waals surface area contributed by atoms with E-state index < -0.39 is 0 Å². The number of hydrogen-bond donors (Lipinski definition) is 0. The molecule has 0 radical (unpaired) electrons. The Morgan fingerprint density at radius 2 is 2.05 bits per heavy atom. The highest BCUT2D eigenvalue weighted by Gasteiger charge is 2.13. The van der Waals surface area contributed by atoms with Gasteiger partial charge in [-0.2, -0.15) is 0 Å². The smallest absolute Gasteiger partial charge is 0.00140 e. The van der Waals surface area contributed by atoms with E-state index >= 15 is 0 Å². The minimum Gasteiger partial charge on any atom is -0.0988 e. The van der Waals surface area contributed by atoms with Gasteiger partial charge in [0.05, 0.1) is 0 Å². The number of hydrogen-bond acceptors (Lipinski definition) is 0. The summed E-state index contributed by atoms with van der Waals surface area (Å²) in [6.07, 6.45) is 8.58. The standard InChI is InChI=1S/C20H20/c1-4-15(5-2)18-12-11-17-8-6-7-16-10-9-14(3)19(13-18)20(16)17/h4,6-12H,1,5,13H2,2-3H3/b18-15+. The average molecular weight is 260 g/mol. The van der Waals surface area contributed by atoms with E-state index in [0.717, 1.165) is 12.8 Å². The molecular weight excluding hydrogens is 240 g/mol. The summed E-state index contributed by atoms with van der Waals surface area (Å²) < 4.78 is 0. The zero-order chi connectivity index (χ0) is 14.1. The van der Waals surface area contributed by atoms with Crippen molar-refractivity contribution in [1.82, 2.24) is 0 Å². The molecule has 0 bridgehead atoms. The monoisotopic (exact) mass is 260 g/mol. The Labute approximate surface area is 121 Å². The molecule has 0 N–H and O–H groups in total. The molecule has 2 aromatic carbocycles. The van der Waals surface area contributed by atoms with Crippen molar-refractivity contribution in [1.29, 1.82) is 0 Å². The summed E-state index contributed by atoms with van der Waals surface area (Å²) in [7, 11) is 0. The van der Waals surface area contributed by atoms with Crippen LogP contribution in [-0.2, 0) is 6.42 Å². The van der Waals surface area contributed by atoms with Gasteiger partial charge in [0.2, 0.25) is 0 Å². The average Bonchev–Trinajstić information content (AvgIpc) is 2.66. The Hall–Kier alpha value is -2.08. The Bertz CT molecular complexity index is 742. The number of aryl methyl sites for hydroxylation is 1. The van der Waals surface area contributed by atoms with Crippen LogP contribution in [0.1, 0.15) is 30.0 Å². The first-order valence-corrected chi connectivity index (χ1v) is 7.28. The largest absolute Gasteiger partial charge is 0.0988 e. The fraction of sp³-hybridized carbons (Fsp3) is 0.200. The maximum absolute atomic E-state index is 3.97. The van der Waals surface area contributed by atoms with Crippen molar-refractivity contribution in [2.45, 2.75) is 26.7 Å². The summed E-state index contributed by atoms with van der Waals surface area (Å²) in [6, 6.07) is 11.0. The summed E-state index contributed by atoms with van der Waals surface area (Å²) in [5.74, 6) is 0. The van der Waals surface area contributed by atoms with E-state index in [4.69, 9.17) is 0 Å². The number of allylic oxidation sites excluding steroid dienone is 4. The fourth-order valence-corrected chi connectivity index (χ4v) is 3.12. The second-order valence-corrected chi connectivity index (χ2v) is 5.42. The van der Waals surface area contributed by atoms with Gasteiger partial charge in [-0.15, -0.1) is 0 Å². The molecule has 100 valence electrons. The van der Waals surface area contributed by atoms with E-state index in [9.17, 15) is 0 Å². The van der Waals surface area contributed by atoms with Crippen LogP contribution in [0.5, 0.6) is 0 Å². The molecule has 1 aliphatic rings. The summed E-state index contributed by atoms with van der Waals surface area (Å²) in [6.45, 7) is 8.38. The molecule has 0 aliphatic heterocycles. The molecule has 0 unspecified atom stereocenters. The van der Waals surface area contributed by atoms with Gasteiger partial charge in [0, 0.05) is 0 Å². The molecule has 0 fully saturated rings. The lowest BCUT2D eigenvalue weighted by Gasteiger charge is -2.12. The SMILES string of the molecule is C=C/C(CC)=C1/C=Cc2cccc3ccc(C)c(c23)C1. The molecule has 3 rings (SSSR count). The molecular formula is C20H20. The van der Waals surface area contributed by atoms with Gasteiger partial charge in [-0.3, -0.25) is 0 Å². The van der Waals surface area contributed by atoms with Crippen molar-refractivity contribution < 1.29 is 0 Å². The van der Waals surface area contributed by atoms with Crippen LogP contribution in [0, 0.1) is 6.92 Å². The van der Waals surface area contributed by atoms with Crippen LogP contribution in [0.3, 0.4) is 0 Å². The molecule has 0 amide bonds. The quantitative estimate of drug-likeness (QED) is 0.658. The van der Waals surface area contributed by atoms with Crippen LogP contribution in [-0.4, -0.2) is 0 Å². The van der Waals surface area contributed by atoms with E-state index in [1.54, 1.807) is 0 Å². The van der Waals surface area contributed by atoms with E-state index in [1.165, 1.54) is 38.6 Å². The van der Waals surface area contributed by atoms with E-state index in [0.29, 0.717) is 0 Å². The molecule has 0 nitrogen and oxygen atoms in total. The molecule has 0 heteroatoms. The highest BCUT2D eigenvalue weighted by Crippen LogP contribution is 2.33. The Morgan fingerprint density at radius 1 is 1.20 bits per heavy atom. The molecule has 0 atom stereocenters. The first-order valence-electron chi connectivity index (χ1n) is 7.28. The van der Waals surface area contributed by atoms with Crippen molar-refractivity contribution in [3.8, 4) is 0 Å². The Balaban J connectivity index is 2.33. The van der Waals surface area contributed by atoms with Crippen molar-refractivity contribution >= 4 is 16.8 Å². The molecule has 2 aromatic rings. The molecule has 1 aliphatic carbocycles. The van der Waals surface area contributed by atoms with Crippen molar-refractivity contribution in [2.75, 3.05) is 0 Å². The van der Waals surface area contributed by atoms with Crippen LogP contribution >= 0.6 is 0 Å². The van der Waals surface area contributed by atoms with Crippen LogP contribution in [0.2, 0.25) is 0 Å². The molecule has 0 aromatic heterocycles. The van der Waals surface area contributed by atoms with E-state index in [1.807, 2.05) is 6.08 Å². The van der Waals surface area contributed by atoms with E-state index in [-0.39, 0.29) is 0 Å². The van der Waals surface area contributed by atoms with Gasteiger partial charge in [0.15, 0.2) is 0 Å². The lowest BCUT2D eigenvalue weighted by molar-refractivity contribution is 1.07. The predicted octanol–water partition coefficient (Wildman–Crippen LogP) is 5.61. The zero-order valence-corrected chi connectivity index (χ0v) is 12.2. The highest BCUT2D eigenvalue weighted by molar-refractivity contribution is 5.95. The van der Waals surface area contributed by atoms with Gasteiger partial charge in [0.25, 0.3) is 0 Å². The van der Waals surface area contributed by atoms with Crippen molar-refractivity contribution in [3.05, 3.63) is 76.9 Å². The number of benzene rings is 2.